The highest BCUT2D eigenvalue weighted by Crippen LogP contribution is 2.25. The maximum absolute atomic E-state index is 12.5. The lowest BCUT2D eigenvalue weighted by atomic mass is 10.1. The molecule has 6 nitrogen and oxygen atoms in total. The van der Waals surface area contributed by atoms with E-state index in [1.54, 1.807) is 30.3 Å². The number of amides is 1. The molecule has 1 amide bonds. The average molecular weight is 343 g/mol. The molecule has 0 radical (unpaired) electrons. The van der Waals surface area contributed by atoms with Gasteiger partial charge in [0.1, 0.15) is 17.3 Å². The molecule has 1 heterocycles. The van der Waals surface area contributed by atoms with Crippen LogP contribution in [-0.4, -0.2) is 23.6 Å². The van der Waals surface area contributed by atoms with E-state index in [4.69, 9.17) is 15.2 Å². The molecular weight excluding hydrogens is 318 g/mol. The molecule has 0 atom stereocenters. The largest absolute Gasteiger partial charge is 0.493 e. The zero-order chi connectivity index (χ0) is 18.4. The molecule has 6 heteroatoms. The molecule has 0 unspecified atom stereocenters. The number of benzene rings is 1. The van der Waals surface area contributed by atoms with Crippen molar-refractivity contribution in [3.05, 3.63) is 42.1 Å². The number of nitrogens with zero attached hydrogens (tertiary/aromatic N) is 1. The predicted molar refractivity (Wildman–Crippen MR) is 99.1 cm³/mol. The van der Waals surface area contributed by atoms with E-state index in [1.807, 2.05) is 13.8 Å². The number of hydrogen-bond donors (Lipinski definition) is 2. The number of carbonyl (C=O) groups is 1. The van der Waals surface area contributed by atoms with Crippen LogP contribution in [0.2, 0.25) is 0 Å². The quantitative estimate of drug-likeness (QED) is 0.800. The number of ether oxygens (including phenoxy) is 2. The van der Waals surface area contributed by atoms with Gasteiger partial charge in [0.25, 0.3) is 5.91 Å². The number of rotatable bonds is 7. The van der Waals surface area contributed by atoms with E-state index in [2.05, 4.69) is 24.1 Å². The Hall–Kier alpha value is -2.76. The van der Waals surface area contributed by atoms with Crippen LogP contribution in [0, 0.1) is 5.92 Å². The lowest BCUT2D eigenvalue weighted by Gasteiger charge is -2.15. The van der Waals surface area contributed by atoms with Gasteiger partial charge in [-0.05, 0) is 44.0 Å². The molecule has 0 aliphatic carbocycles. The van der Waals surface area contributed by atoms with Crippen LogP contribution in [0.25, 0.3) is 0 Å². The van der Waals surface area contributed by atoms with Crippen molar-refractivity contribution >= 4 is 17.4 Å². The van der Waals surface area contributed by atoms with Crippen molar-refractivity contribution in [2.45, 2.75) is 33.8 Å². The van der Waals surface area contributed by atoms with E-state index in [9.17, 15) is 4.79 Å². The standard InChI is InChI=1S/C19H25N3O3/c1-12(2)11-24-16-7-14(8-17(9-16)25-13(3)4)19(23)22-18-6-5-15(20)10-21-18/h5-10,12-13H,11,20H2,1-4H3,(H,21,22,23). The topological polar surface area (TPSA) is 86.5 Å². The van der Waals surface area contributed by atoms with Gasteiger partial charge in [0.2, 0.25) is 0 Å². The van der Waals surface area contributed by atoms with Gasteiger partial charge in [-0.2, -0.15) is 0 Å². The number of pyridine rings is 1. The third kappa shape index (κ3) is 5.99. The second kappa shape index (κ2) is 8.37. The molecule has 25 heavy (non-hydrogen) atoms. The zero-order valence-electron chi connectivity index (χ0n) is 15.1. The van der Waals surface area contributed by atoms with Gasteiger partial charge in [-0.25, -0.2) is 4.98 Å². The summed E-state index contributed by atoms with van der Waals surface area (Å²) in [5, 5.41) is 2.74. The molecule has 0 aliphatic rings. The van der Waals surface area contributed by atoms with Gasteiger partial charge in [-0.3, -0.25) is 4.79 Å². The lowest BCUT2D eigenvalue weighted by molar-refractivity contribution is 0.102. The summed E-state index contributed by atoms with van der Waals surface area (Å²) in [6, 6.07) is 8.51. The van der Waals surface area contributed by atoms with Gasteiger partial charge in [0.05, 0.1) is 24.6 Å². The van der Waals surface area contributed by atoms with Crippen LogP contribution in [0.15, 0.2) is 36.5 Å². The zero-order valence-corrected chi connectivity index (χ0v) is 15.1. The number of nitrogens with one attached hydrogen (secondary N) is 1. The van der Waals surface area contributed by atoms with Gasteiger partial charge in [-0.1, -0.05) is 13.8 Å². The van der Waals surface area contributed by atoms with Gasteiger partial charge in [0, 0.05) is 11.6 Å². The van der Waals surface area contributed by atoms with E-state index in [0.717, 1.165) is 0 Å². The fraction of sp³-hybridized carbons (Fsp3) is 0.368. The number of anilines is 2. The van der Waals surface area contributed by atoms with Crippen molar-refractivity contribution in [3.8, 4) is 11.5 Å². The summed E-state index contributed by atoms with van der Waals surface area (Å²) >= 11 is 0. The van der Waals surface area contributed by atoms with Crippen LogP contribution in [0.3, 0.4) is 0 Å². The number of nitrogens with two attached hydrogens (primary N) is 1. The summed E-state index contributed by atoms with van der Waals surface area (Å²) < 4.78 is 11.5. The summed E-state index contributed by atoms with van der Waals surface area (Å²) in [4.78, 5) is 16.6. The minimum Gasteiger partial charge on any atom is -0.493 e. The van der Waals surface area contributed by atoms with Crippen LogP contribution in [-0.2, 0) is 0 Å². The van der Waals surface area contributed by atoms with Crippen molar-refractivity contribution in [1.29, 1.82) is 0 Å². The summed E-state index contributed by atoms with van der Waals surface area (Å²) in [7, 11) is 0. The second-order valence-electron chi connectivity index (χ2n) is 6.50. The van der Waals surface area contributed by atoms with Crippen molar-refractivity contribution in [2.24, 2.45) is 5.92 Å². The molecule has 2 rings (SSSR count). The van der Waals surface area contributed by atoms with Crippen LogP contribution in [0.4, 0.5) is 11.5 Å². The maximum atomic E-state index is 12.5. The van der Waals surface area contributed by atoms with Crippen molar-refractivity contribution in [1.82, 2.24) is 4.98 Å². The van der Waals surface area contributed by atoms with Crippen molar-refractivity contribution in [3.63, 3.8) is 0 Å². The Kier molecular flexibility index (Phi) is 6.22. The Morgan fingerprint density at radius 3 is 2.48 bits per heavy atom. The number of carbonyl (C=O) groups excluding carboxylic acids is 1. The van der Waals surface area contributed by atoms with Gasteiger partial charge < -0.3 is 20.5 Å². The first kappa shape index (κ1) is 18.6. The van der Waals surface area contributed by atoms with Crippen LogP contribution in [0.1, 0.15) is 38.1 Å². The monoisotopic (exact) mass is 343 g/mol. The first-order valence-corrected chi connectivity index (χ1v) is 8.31. The Bertz CT molecular complexity index is 712. The fourth-order valence-corrected chi connectivity index (χ4v) is 2.06. The molecule has 0 spiro atoms. The highest BCUT2D eigenvalue weighted by molar-refractivity contribution is 6.04. The molecule has 0 fully saturated rings. The summed E-state index contributed by atoms with van der Waals surface area (Å²) in [5.41, 5.74) is 6.58. The maximum Gasteiger partial charge on any atom is 0.257 e. The minimum atomic E-state index is -0.291. The molecule has 2 aromatic rings. The Labute approximate surface area is 148 Å². The third-order valence-corrected chi connectivity index (χ3v) is 3.13. The van der Waals surface area contributed by atoms with E-state index in [-0.39, 0.29) is 12.0 Å². The molecule has 0 saturated heterocycles. The molecule has 1 aromatic heterocycles. The van der Waals surface area contributed by atoms with Gasteiger partial charge >= 0.3 is 0 Å². The van der Waals surface area contributed by atoms with Crippen LogP contribution in [0.5, 0.6) is 11.5 Å². The number of nitrogen functional groups attached to an aromatic ring is 1. The smallest absolute Gasteiger partial charge is 0.257 e. The SMILES string of the molecule is CC(C)COc1cc(OC(C)C)cc(C(=O)Nc2ccc(N)cn2)c1. The molecular formula is C19H25N3O3. The molecule has 3 N–H and O–H groups in total. The first-order chi connectivity index (χ1) is 11.8. The fourth-order valence-electron chi connectivity index (χ4n) is 2.06. The summed E-state index contributed by atoms with van der Waals surface area (Å²) in [5.74, 6) is 1.71. The van der Waals surface area contributed by atoms with Gasteiger partial charge in [0.15, 0.2) is 0 Å². The highest BCUT2D eigenvalue weighted by atomic mass is 16.5. The normalized spacial score (nSPS) is 10.8. The minimum absolute atomic E-state index is 0.00461. The predicted octanol–water partition coefficient (Wildman–Crippen LogP) is 3.74. The average Bonchev–Trinajstić information content (AvgIpc) is 2.54. The molecule has 0 saturated carbocycles. The van der Waals surface area contributed by atoms with Gasteiger partial charge in [-0.15, -0.1) is 0 Å². The lowest BCUT2D eigenvalue weighted by Crippen LogP contribution is -2.14. The molecule has 0 aliphatic heterocycles. The molecule has 1 aromatic carbocycles. The first-order valence-electron chi connectivity index (χ1n) is 8.31. The summed E-state index contributed by atoms with van der Waals surface area (Å²) in [6.45, 7) is 8.55. The highest BCUT2D eigenvalue weighted by Gasteiger charge is 2.12. The van der Waals surface area contributed by atoms with E-state index in [1.165, 1.54) is 6.20 Å². The van der Waals surface area contributed by atoms with E-state index in [0.29, 0.717) is 41.1 Å². The van der Waals surface area contributed by atoms with E-state index < -0.39 is 0 Å². The van der Waals surface area contributed by atoms with Crippen molar-refractivity contribution in [2.75, 3.05) is 17.7 Å². The Morgan fingerprint density at radius 2 is 1.88 bits per heavy atom. The summed E-state index contributed by atoms with van der Waals surface area (Å²) in [6.07, 6.45) is 1.49. The Balaban J connectivity index is 2.22. The van der Waals surface area contributed by atoms with Crippen LogP contribution < -0.4 is 20.5 Å². The second-order valence-corrected chi connectivity index (χ2v) is 6.50. The molecule has 134 valence electrons. The third-order valence-electron chi connectivity index (χ3n) is 3.13. The van der Waals surface area contributed by atoms with E-state index >= 15 is 0 Å². The number of hydrogen-bond acceptors (Lipinski definition) is 5. The Morgan fingerprint density at radius 1 is 1.16 bits per heavy atom. The number of aromatic nitrogens is 1. The van der Waals surface area contributed by atoms with Crippen LogP contribution >= 0.6 is 0 Å². The van der Waals surface area contributed by atoms with Crippen molar-refractivity contribution < 1.29 is 14.3 Å². The molecule has 0 bridgehead atoms.